The summed E-state index contributed by atoms with van der Waals surface area (Å²) in [5.41, 5.74) is 2.12. The van der Waals surface area contributed by atoms with Crippen LogP contribution in [-0.4, -0.2) is 14.4 Å². The number of nitrogens with zero attached hydrogens (tertiary/aromatic N) is 3. The highest BCUT2D eigenvalue weighted by molar-refractivity contribution is 9.10. The van der Waals surface area contributed by atoms with Gasteiger partial charge < -0.3 is 5.32 Å². The van der Waals surface area contributed by atoms with Gasteiger partial charge in [-0.05, 0) is 34.1 Å². The number of hydrogen-bond donors (Lipinski definition) is 1. The van der Waals surface area contributed by atoms with Crippen molar-refractivity contribution in [1.82, 2.24) is 14.4 Å². The second kappa shape index (κ2) is 5.49. The van der Waals surface area contributed by atoms with Gasteiger partial charge in [-0.15, -0.1) is 0 Å². The van der Waals surface area contributed by atoms with E-state index in [1.165, 1.54) is 6.07 Å². The number of halogens is 3. The van der Waals surface area contributed by atoms with Crippen molar-refractivity contribution in [2.24, 2.45) is 0 Å². The van der Waals surface area contributed by atoms with Gasteiger partial charge in [0, 0.05) is 10.7 Å². The van der Waals surface area contributed by atoms with Crippen LogP contribution in [0, 0.1) is 5.82 Å². The van der Waals surface area contributed by atoms with Crippen LogP contribution in [0.3, 0.4) is 0 Å². The van der Waals surface area contributed by atoms with Crippen molar-refractivity contribution in [2.45, 2.75) is 6.54 Å². The lowest BCUT2D eigenvalue weighted by atomic mass is 10.3. The molecule has 0 aliphatic carbocycles. The van der Waals surface area contributed by atoms with E-state index in [1.807, 2.05) is 10.6 Å². The molecular formula is C13H9Br2FN4. The van der Waals surface area contributed by atoms with Crippen LogP contribution in [0.25, 0.3) is 5.65 Å². The largest absolute Gasteiger partial charge is 0.377 e. The normalized spacial score (nSPS) is 10.9. The molecule has 7 heteroatoms. The molecule has 2 aromatic heterocycles. The van der Waals surface area contributed by atoms with E-state index in [1.54, 1.807) is 24.5 Å². The van der Waals surface area contributed by atoms with Gasteiger partial charge in [0.05, 0.1) is 30.3 Å². The average molecular weight is 400 g/mol. The molecule has 0 amide bonds. The SMILES string of the molecule is Fc1ccc(Br)cc1NCc1cnc2cnc(Br)cn12. The number of rotatable bonds is 3. The third-order valence-electron chi connectivity index (χ3n) is 2.83. The Balaban J connectivity index is 1.86. The van der Waals surface area contributed by atoms with Crippen molar-refractivity contribution in [3.8, 4) is 0 Å². The molecule has 3 aromatic rings. The monoisotopic (exact) mass is 398 g/mol. The van der Waals surface area contributed by atoms with Gasteiger partial charge >= 0.3 is 0 Å². The van der Waals surface area contributed by atoms with Crippen LogP contribution in [0.2, 0.25) is 0 Å². The van der Waals surface area contributed by atoms with Gasteiger partial charge in [-0.3, -0.25) is 4.40 Å². The van der Waals surface area contributed by atoms with Crippen molar-refractivity contribution >= 4 is 43.2 Å². The molecule has 0 fully saturated rings. The Bertz CT molecular complexity index is 772. The Morgan fingerprint density at radius 2 is 2.05 bits per heavy atom. The summed E-state index contributed by atoms with van der Waals surface area (Å²) < 4.78 is 17.1. The van der Waals surface area contributed by atoms with E-state index in [0.29, 0.717) is 12.2 Å². The fourth-order valence-corrected chi connectivity index (χ4v) is 2.53. The highest BCUT2D eigenvalue weighted by atomic mass is 79.9. The predicted molar refractivity (Wildman–Crippen MR) is 82.1 cm³/mol. The lowest BCUT2D eigenvalue weighted by Gasteiger charge is -2.08. The van der Waals surface area contributed by atoms with E-state index >= 15 is 0 Å². The zero-order chi connectivity index (χ0) is 14.1. The van der Waals surface area contributed by atoms with Crippen molar-refractivity contribution < 1.29 is 4.39 Å². The minimum Gasteiger partial charge on any atom is -0.377 e. The lowest BCUT2D eigenvalue weighted by Crippen LogP contribution is -2.04. The highest BCUT2D eigenvalue weighted by Gasteiger charge is 2.06. The molecule has 0 radical (unpaired) electrons. The minimum absolute atomic E-state index is 0.287. The van der Waals surface area contributed by atoms with E-state index in [0.717, 1.165) is 20.4 Å². The molecule has 1 aromatic carbocycles. The first-order chi connectivity index (χ1) is 9.63. The molecule has 20 heavy (non-hydrogen) atoms. The zero-order valence-corrected chi connectivity index (χ0v) is 13.3. The third-order valence-corrected chi connectivity index (χ3v) is 3.73. The van der Waals surface area contributed by atoms with E-state index in [4.69, 9.17) is 0 Å². The van der Waals surface area contributed by atoms with Gasteiger partial charge in [0.1, 0.15) is 10.4 Å². The number of fused-ring (bicyclic) bond motifs is 1. The second-order valence-corrected chi connectivity index (χ2v) is 5.89. The maximum absolute atomic E-state index is 13.7. The predicted octanol–water partition coefficient (Wildman–Crippen LogP) is 4.01. The van der Waals surface area contributed by atoms with E-state index in [2.05, 4.69) is 47.1 Å². The molecule has 0 saturated carbocycles. The summed E-state index contributed by atoms with van der Waals surface area (Å²) in [7, 11) is 0. The van der Waals surface area contributed by atoms with Crippen LogP contribution < -0.4 is 5.32 Å². The molecule has 102 valence electrons. The summed E-state index contributed by atoms with van der Waals surface area (Å²) in [6.07, 6.45) is 5.25. The molecule has 0 aliphatic heterocycles. The van der Waals surface area contributed by atoms with E-state index < -0.39 is 0 Å². The summed E-state index contributed by atoms with van der Waals surface area (Å²) >= 11 is 6.65. The molecule has 0 atom stereocenters. The van der Waals surface area contributed by atoms with Gasteiger partial charge in [-0.25, -0.2) is 14.4 Å². The Kier molecular flexibility index (Phi) is 3.71. The molecule has 1 N–H and O–H groups in total. The third kappa shape index (κ3) is 2.69. The Morgan fingerprint density at radius 1 is 1.20 bits per heavy atom. The summed E-state index contributed by atoms with van der Waals surface area (Å²) in [5, 5.41) is 3.07. The van der Waals surface area contributed by atoms with Crippen LogP contribution >= 0.6 is 31.9 Å². The first-order valence-electron chi connectivity index (χ1n) is 5.80. The van der Waals surface area contributed by atoms with Crippen LogP contribution in [0.5, 0.6) is 0 Å². The maximum Gasteiger partial charge on any atom is 0.155 e. The Morgan fingerprint density at radius 3 is 2.90 bits per heavy atom. The van der Waals surface area contributed by atoms with Crippen molar-refractivity contribution in [1.29, 1.82) is 0 Å². The van der Waals surface area contributed by atoms with Gasteiger partial charge in [0.15, 0.2) is 5.65 Å². The standard InChI is InChI=1S/C13H9Br2FN4/c14-8-1-2-10(16)11(3-8)17-4-9-5-19-13-6-18-12(15)7-20(9)13/h1-3,5-7,17H,4H2. The Labute approximate surface area is 131 Å². The smallest absolute Gasteiger partial charge is 0.155 e. The van der Waals surface area contributed by atoms with E-state index in [-0.39, 0.29) is 5.82 Å². The number of anilines is 1. The molecule has 0 spiro atoms. The van der Waals surface area contributed by atoms with Crippen LogP contribution in [-0.2, 0) is 6.54 Å². The van der Waals surface area contributed by atoms with Crippen LogP contribution in [0.15, 0.2) is 45.9 Å². The zero-order valence-electron chi connectivity index (χ0n) is 10.1. The van der Waals surface area contributed by atoms with Gasteiger partial charge in [0.25, 0.3) is 0 Å². The van der Waals surface area contributed by atoms with Gasteiger partial charge in [0.2, 0.25) is 0 Å². The number of aromatic nitrogens is 3. The van der Waals surface area contributed by atoms with Crippen LogP contribution in [0.4, 0.5) is 10.1 Å². The molecule has 0 saturated heterocycles. The van der Waals surface area contributed by atoms with Crippen molar-refractivity contribution in [3.05, 3.63) is 57.4 Å². The molecule has 0 unspecified atom stereocenters. The van der Waals surface area contributed by atoms with Crippen molar-refractivity contribution in [2.75, 3.05) is 5.32 Å². The summed E-state index contributed by atoms with van der Waals surface area (Å²) in [6.45, 7) is 0.463. The van der Waals surface area contributed by atoms with Crippen molar-refractivity contribution in [3.63, 3.8) is 0 Å². The minimum atomic E-state index is -0.287. The Hall–Kier alpha value is -1.47. The maximum atomic E-state index is 13.7. The van der Waals surface area contributed by atoms with Crippen LogP contribution in [0.1, 0.15) is 5.69 Å². The first kappa shape index (κ1) is 13.5. The molecule has 0 aliphatic rings. The first-order valence-corrected chi connectivity index (χ1v) is 7.38. The molecule has 0 bridgehead atoms. The summed E-state index contributed by atoms with van der Waals surface area (Å²) in [6, 6.07) is 4.79. The second-order valence-electron chi connectivity index (χ2n) is 4.17. The highest BCUT2D eigenvalue weighted by Crippen LogP contribution is 2.21. The molecule has 4 nitrogen and oxygen atoms in total. The van der Waals surface area contributed by atoms with Gasteiger partial charge in [-0.1, -0.05) is 15.9 Å². The quantitative estimate of drug-likeness (QED) is 0.723. The topological polar surface area (TPSA) is 42.2 Å². The summed E-state index contributed by atoms with van der Waals surface area (Å²) in [4.78, 5) is 8.36. The molecule has 2 heterocycles. The lowest BCUT2D eigenvalue weighted by molar-refractivity contribution is 0.629. The summed E-state index contributed by atoms with van der Waals surface area (Å²) in [5.74, 6) is -0.287. The fourth-order valence-electron chi connectivity index (χ4n) is 1.87. The number of nitrogens with one attached hydrogen (secondary N) is 1. The molecule has 3 rings (SSSR count). The van der Waals surface area contributed by atoms with Gasteiger partial charge in [-0.2, -0.15) is 0 Å². The fraction of sp³-hybridized carbons (Fsp3) is 0.0769. The molecular weight excluding hydrogens is 391 g/mol. The van der Waals surface area contributed by atoms with E-state index in [9.17, 15) is 4.39 Å². The number of imidazole rings is 1. The number of hydrogen-bond acceptors (Lipinski definition) is 3. The number of benzene rings is 1. The average Bonchev–Trinajstić information content (AvgIpc) is 2.82.